The van der Waals surface area contributed by atoms with Crippen molar-refractivity contribution in [1.82, 2.24) is 4.90 Å². The smallest absolute Gasteiger partial charge is 0.324 e. The molecule has 0 bridgehead atoms. The lowest BCUT2D eigenvalue weighted by atomic mass is 10.2. The predicted molar refractivity (Wildman–Crippen MR) is 65.9 cm³/mol. The monoisotopic (exact) mass is 243 g/mol. The van der Waals surface area contributed by atoms with Gasteiger partial charge in [-0.1, -0.05) is 0 Å². The molecular weight excluding hydrogens is 230 g/mol. The summed E-state index contributed by atoms with van der Waals surface area (Å²) in [5.41, 5.74) is 1.02. The van der Waals surface area contributed by atoms with Gasteiger partial charge in [-0.15, -0.1) is 0 Å². The summed E-state index contributed by atoms with van der Waals surface area (Å²) in [6, 6.07) is 8.14. The van der Waals surface area contributed by atoms with Crippen molar-refractivity contribution in [3.05, 3.63) is 29.8 Å². The predicted octanol–water partition coefficient (Wildman–Crippen LogP) is 1.74. The second-order valence-corrected chi connectivity index (χ2v) is 4.00. The Morgan fingerprint density at radius 1 is 1.28 bits per heavy atom. The van der Waals surface area contributed by atoms with Crippen molar-refractivity contribution in [1.29, 1.82) is 5.26 Å². The van der Waals surface area contributed by atoms with E-state index in [1.54, 1.807) is 29.2 Å². The molecular formula is C13H13N3O2. The van der Waals surface area contributed by atoms with Crippen molar-refractivity contribution in [3.8, 4) is 6.07 Å². The van der Waals surface area contributed by atoms with Crippen LogP contribution >= 0.6 is 0 Å². The van der Waals surface area contributed by atoms with Gasteiger partial charge in [0.15, 0.2) is 0 Å². The molecule has 0 aromatic heterocycles. The van der Waals surface area contributed by atoms with Crippen molar-refractivity contribution < 1.29 is 9.59 Å². The lowest BCUT2D eigenvalue weighted by molar-refractivity contribution is -0.119. The quantitative estimate of drug-likeness (QED) is 0.794. The van der Waals surface area contributed by atoms with Crippen molar-refractivity contribution in [2.24, 2.45) is 0 Å². The van der Waals surface area contributed by atoms with Crippen molar-refractivity contribution in [2.45, 2.75) is 13.3 Å². The van der Waals surface area contributed by atoms with E-state index in [0.29, 0.717) is 30.8 Å². The Balaban J connectivity index is 2.31. The number of hydrogen-bond acceptors (Lipinski definition) is 3. The highest BCUT2D eigenvalue weighted by atomic mass is 16.2. The largest absolute Gasteiger partial charge is 0.331 e. The first-order chi connectivity index (χ1) is 8.67. The maximum atomic E-state index is 12.1. The lowest BCUT2D eigenvalue weighted by Gasteiger charge is -2.33. The van der Waals surface area contributed by atoms with E-state index in [4.69, 9.17) is 5.26 Å². The van der Waals surface area contributed by atoms with Crippen LogP contribution in [0.5, 0.6) is 0 Å². The molecule has 0 spiro atoms. The number of urea groups is 1. The fourth-order valence-corrected chi connectivity index (χ4v) is 1.92. The average molecular weight is 243 g/mol. The Morgan fingerprint density at radius 2 is 1.94 bits per heavy atom. The molecule has 5 heteroatoms. The SMILES string of the molecule is CCN1CCC(=O)N(c2ccc(C#N)cc2)C1=O. The molecule has 0 saturated carbocycles. The van der Waals surface area contributed by atoms with Crippen LogP contribution in [0.2, 0.25) is 0 Å². The minimum Gasteiger partial charge on any atom is -0.324 e. The maximum Gasteiger partial charge on any atom is 0.331 e. The molecule has 18 heavy (non-hydrogen) atoms. The molecule has 1 fully saturated rings. The fourth-order valence-electron chi connectivity index (χ4n) is 1.92. The fraction of sp³-hybridized carbons (Fsp3) is 0.308. The number of carbonyl (C=O) groups excluding carboxylic acids is 2. The van der Waals surface area contributed by atoms with Crippen molar-refractivity contribution in [2.75, 3.05) is 18.0 Å². The molecule has 1 aromatic carbocycles. The Labute approximate surface area is 105 Å². The van der Waals surface area contributed by atoms with Gasteiger partial charge in [0.1, 0.15) is 0 Å². The van der Waals surface area contributed by atoms with Crippen LogP contribution in [0.1, 0.15) is 18.9 Å². The normalized spacial score (nSPS) is 15.8. The van der Waals surface area contributed by atoms with Crippen molar-refractivity contribution >= 4 is 17.6 Å². The van der Waals surface area contributed by atoms with Gasteiger partial charge in [0, 0.05) is 19.5 Å². The summed E-state index contributed by atoms with van der Waals surface area (Å²) in [7, 11) is 0. The van der Waals surface area contributed by atoms with E-state index in [-0.39, 0.29) is 11.9 Å². The summed E-state index contributed by atoms with van der Waals surface area (Å²) in [6.07, 6.45) is 0.333. The number of anilines is 1. The van der Waals surface area contributed by atoms with Gasteiger partial charge in [0.05, 0.1) is 17.3 Å². The molecule has 1 aliphatic rings. The third kappa shape index (κ3) is 2.05. The van der Waals surface area contributed by atoms with Gasteiger partial charge >= 0.3 is 6.03 Å². The summed E-state index contributed by atoms with van der Waals surface area (Å²) in [6.45, 7) is 2.94. The number of imide groups is 1. The third-order valence-corrected chi connectivity index (χ3v) is 2.94. The standard InChI is InChI=1S/C13H13N3O2/c1-2-15-8-7-12(17)16(13(15)18)11-5-3-10(9-14)4-6-11/h3-6H,2,7-8H2,1H3. The summed E-state index contributed by atoms with van der Waals surface area (Å²) < 4.78 is 0. The minimum atomic E-state index is -0.293. The van der Waals surface area contributed by atoms with E-state index in [2.05, 4.69) is 0 Å². The van der Waals surface area contributed by atoms with E-state index >= 15 is 0 Å². The molecule has 0 radical (unpaired) electrons. The summed E-state index contributed by atoms with van der Waals surface area (Å²) in [4.78, 5) is 26.7. The zero-order valence-electron chi connectivity index (χ0n) is 10.1. The second kappa shape index (κ2) is 4.88. The van der Waals surface area contributed by atoms with Crippen molar-refractivity contribution in [3.63, 3.8) is 0 Å². The van der Waals surface area contributed by atoms with Crippen LogP contribution in [-0.2, 0) is 4.79 Å². The molecule has 1 saturated heterocycles. The summed E-state index contributed by atoms with van der Waals surface area (Å²) in [5.74, 6) is -0.200. The van der Waals surface area contributed by atoms with Gasteiger partial charge in [-0.2, -0.15) is 5.26 Å². The van der Waals surface area contributed by atoms with Gasteiger partial charge in [-0.25, -0.2) is 9.69 Å². The molecule has 0 N–H and O–H groups in total. The van der Waals surface area contributed by atoms with E-state index in [1.165, 1.54) is 4.90 Å². The Bertz CT molecular complexity index is 516. The van der Waals surface area contributed by atoms with Gasteiger partial charge in [0.25, 0.3) is 0 Å². The first-order valence-corrected chi connectivity index (χ1v) is 5.79. The third-order valence-electron chi connectivity index (χ3n) is 2.94. The zero-order chi connectivity index (χ0) is 13.1. The molecule has 0 aliphatic carbocycles. The molecule has 0 unspecified atom stereocenters. The van der Waals surface area contributed by atoms with Crippen LogP contribution in [-0.4, -0.2) is 29.9 Å². The number of hydrogen-bond donors (Lipinski definition) is 0. The Kier molecular flexibility index (Phi) is 3.28. The number of carbonyl (C=O) groups is 2. The van der Waals surface area contributed by atoms with Crippen LogP contribution in [0.15, 0.2) is 24.3 Å². The number of nitrogens with zero attached hydrogens (tertiary/aromatic N) is 3. The van der Waals surface area contributed by atoms with Gasteiger partial charge in [0.2, 0.25) is 5.91 Å². The lowest BCUT2D eigenvalue weighted by Crippen LogP contribution is -2.52. The zero-order valence-corrected chi connectivity index (χ0v) is 10.1. The number of benzene rings is 1. The summed E-state index contributed by atoms with van der Waals surface area (Å²) >= 11 is 0. The van der Waals surface area contributed by atoms with E-state index < -0.39 is 0 Å². The molecule has 0 atom stereocenters. The molecule has 3 amide bonds. The summed E-state index contributed by atoms with van der Waals surface area (Å²) in [5, 5.41) is 8.72. The van der Waals surface area contributed by atoms with Gasteiger partial charge in [-0.05, 0) is 31.2 Å². The van der Waals surface area contributed by atoms with E-state index in [1.807, 2.05) is 13.0 Å². The van der Waals surface area contributed by atoms with E-state index in [9.17, 15) is 9.59 Å². The van der Waals surface area contributed by atoms with E-state index in [0.717, 1.165) is 0 Å². The van der Waals surface area contributed by atoms with Crippen LogP contribution in [0, 0.1) is 11.3 Å². The van der Waals surface area contributed by atoms with Gasteiger partial charge in [-0.3, -0.25) is 4.79 Å². The van der Waals surface area contributed by atoms with Crippen LogP contribution in [0.3, 0.4) is 0 Å². The molecule has 1 aromatic rings. The first kappa shape index (κ1) is 12.1. The molecule has 92 valence electrons. The number of rotatable bonds is 2. The van der Waals surface area contributed by atoms with Crippen LogP contribution < -0.4 is 4.90 Å². The first-order valence-electron chi connectivity index (χ1n) is 5.79. The molecule has 5 nitrogen and oxygen atoms in total. The highest BCUT2D eigenvalue weighted by Crippen LogP contribution is 2.21. The number of nitriles is 1. The highest BCUT2D eigenvalue weighted by molar-refractivity contribution is 6.15. The minimum absolute atomic E-state index is 0.200. The van der Waals surface area contributed by atoms with Crippen LogP contribution in [0.4, 0.5) is 10.5 Å². The highest BCUT2D eigenvalue weighted by Gasteiger charge is 2.32. The van der Waals surface area contributed by atoms with Crippen LogP contribution in [0.25, 0.3) is 0 Å². The molecule has 1 aliphatic heterocycles. The molecule has 1 heterocycles. The molecule has 2 rings (SSSR count). The average Bonchev–Trinajstić information content (AvgIpc) is 2.40. The number of amides is 3. The van der Waals surface area contributed by atoms with Gasteiger partial charge < -0.3 is 4.90 Å². The Hall–Kier alpha value is -2.35. The topological polar surface area (TPSA) is 64.4 Å². The Morgan fingerprint density at radius 3 is 2.50 bits per heavy atom. The second-order valence-electron chi connectivity index (χ2n) is 4.00. The maximum absolute atomic E-state index is 12.1.